The highest BCUT2D eigenvalue weighted by molar-refractivity contribution is 7.97. The first-order chi connectivity index (χ1) is 14.4. The van der Waals surface area contributed by atoms with E-state index in [4.69, 9.17) is 9.47 Å². The third-order valence-corrected chi connectivity index (χ3v) is 6.91. The number of rotatable bonds is 5. The number of ether oxygens (including phenoxy) is 2. The SMILES string of the molecule is CC(C)N1Sc2cc3c(cc2CC1C(=O)N[C@@H](C)C(O)c1ccccc1)OCCO3. The molecule has 2 heterocycles. The van der Waals surface area contributed by atoms with Crippen LogP contribution < -0.4 is 14.8 Å². The minimum Gasteiger partial charge on any atom is -0.486 e. The van der Waals surface area contributed by atoms with E-state index in [1.807, 2.05) is 49.4 Å². The Hall–Kier alpha value is -2.22. The van der Waals surface area contributed by atoms with Crippen molar-refractivity contribution in [2.24, 2.45) is 0 Å². The number of carbonyl (C=O) groups is 1. The molecule has 0 aliphatic carbocycles. The van der Waals surface area contributed by atoms with Crippen molar-refractivity contribution in [3.8, 4) is 11.5 Å². The van der Waals surface area contributed by atoms with Crippen LogP contribution in [0, 0.1) is 0 Å². The zero-order valence-corrected chi connectivity index (χ0v) is 18.3. The summed E-state index contributed by atoms with van der Waals surface area (Å²) in [7, 11) is 0. The van der Waals surface area contributed by atoms with Crippen LogP contribution in [-0.2, 0) is 11.2 Å². The number of hydrogen-bond donors (Lipinski definition) is 2. The summed E-state index contributed by atoms with van der Waals surface area (Å²) in [5.41, 5.74) is 1.87. The number of fused-ring (bicyclic) bond motifs is 2. The van der Waals surface area contributed by atoms with Crippen molar-refractivity contribution in [1.82, 2.24) is 9.62 Å². The summed E-state index contributed by atoms with van der Waals surface area (Å²) >= 11 is 1.58. The Morgan fingerprint density at radius 2 is 1.80 bits per heavy atom. The van der Waals surface area contributed by atoms with Crippen molar-refractivity contribution < 1.29 is 19.4 Å². The fourth-order valence-electron chi connectivity index (χ4n) is 3.84. The van der Waals surface area contributed by atoms with Gasteiger partial charge in [-0.15, -0.1) is 0 Å². The molecular weight excluding hydrogens is 400 g/mol. The Labute approximate surface area is 181 Å². The van der Waals surface area contributed by atoms with Gasteiger partial charge < -0.3 is 19.9 Å². The number of benzene rings is 2. The van der Waals surface area contributed by atoms with Crippen LogP contribution in [0.25, 0.3) is 0 Å². The molecule has 2 N–H and O–H groups in total. The highest BCUT2D eigenvalue weighted by atomic mass is 32.2. The van der Waals surface area contributed by atoms with Gasteiger partial charge in [0.15, 0.2) is 11.5 Å². The molecule has 6 nitrogen and oxygen atoms in total. The van der Waals surface area contributed by atoms with Crippen LogP contribution in [0.4, 0.5) is 0 Å². The first-order valence-electron chi connectivity index (χ1n) is 10.4. The van der Waals surface area contributed by atoms with E-state index >= 15 is 0 Å². The quantitative estimate of drug-likeness (QED) is 0.712. The molecule has 0 saturated heterocycles. The third kappa shape index (κ3) is 4.29. The summed E-state index contributed by atoms with van der Waals surface area (Å²) in [5, 5.41) is 13.7. The lowest BCUT2D eigenvalue weighted by atomic mass is 10.0. The normalized spacial score (nSPS) is 20.4. The van der Waals surface area contributed by atoms with Gasteiger partial charge in [0.25, 0.3) is 0 Å². The number of hydrogen-bond acceptors (Lipinski definition) is 6. The number of nitrogens with zero attached hydrogens (tertiary/aromatic N) is 1. The zero-order valence-electron chi connectivity index (χ0n) is 17.5. The van der Waals surface area contributed by atoms with Gasteiger partial charge in [-0.05, 0) is 62.4 Å². The minimum absolute atomic E-state index is 0.0841. The van der Waals surface area contributed by atoms with Gasteiger partial charge >= 0.3 is 0 Å². The zero-order chi connectivity index (χ0) is 21.3. The largest absolute Gasteiger partial charge is 0.486 e. The van der Waals surface area contributed by atoms with Crippen molar-refractivity contribution in [2.45, 2.75) is 56.3 Å². The van der Waals surface area contributed by atoms with Gasteiger partial charge in [0, 0.05) is 10.9 Å². The molecule has 0 saturated carbocycles. The number of aliphatic hydroxyl groups is 1. The lowest BCUT2D eigenvalue weighted by Gasteiger charge is -2.38. The highest BCUT2D eigenvalue weighted by Crippen LogP contribution is 2.43. The summed E-state index contributed by atoms with van der Waals surface area (Å²) in [6.45, 7) is 7.09. The van der Waals surface area contributed by atoms with E-state index in [1.165, 1.54) is 0 Å². The molecule has 30 heavy (non-hydrogen) atoms. The molecule has 2 aromatic carbocycles. The fraction of sp³-hybridized carbons (Fsp3) is 0.435. The van der Waals surface area contributed by atoms with Crippen LogP contribution in [0.3, 0.4) is 0 Å². The summed E-state index contributed by atoms with van der Waals surface area (Å²) in [5.74, 6) is 1.42. The Bertz CT molecular complexity index is 906. The van der Waals surface area contributed by atoms with Gasteiger partial charge in [0.05, 0.1) is 12.1 Å². The second-order valence-electron chi connectivity index (χ2n) is 8.02. The Balaban J connectivity index is 1.52. The summed E-state index contributed by atoms with van der Waals surface area (Å²) in [6, 6.07) is 12.8. The van der Waals surface area contributed by atoms with Crippen molar-refractivity contribution in [3.63, 3.8) is 0 Å². The van der Waals surface area contributed by atoms with Crippen LogP contribution >= 0.6 is 11.9 Å². The van der Waals surface area contributed by atoms with E-state index in [0.717, 1.165) is 27.5 Å². The standard InChI is InChI=1S/C23H28N2O4S/c1-14(2)25-18(23(27)24-15(3)22(26)16-7-5-4-6-8-16)11-17-12-19-20(13-21(17)30-25)29-10-9-28-19/h4-8,12-15,18,22,26H,9-11H2,1-3H3,(H,24,27)/t15-,18?,22?/m0/s1. The van der Waals surface area contributed by atoms with Crippen LogP contribution in [-0.4, -0.2) is 46.7 Å². The van der Waals surface area contributed by atoms with E-state index in [-0.39, 0.29) is 18.0 Å². The average Bonchev–Trinajstić information content (AvgIpc) is 2.76. The fourth-order valence-corrected chi connectivity index (χ4v) is 5.00. The van der Waals surface area contributed by atoms with Crippen LogP contribution in [0.15, 0.2) is 47.4 Å². The van der Waals surface area contributed by atoms with Gasteiger partial charge in [-0.1, -0.05) is 30.3 Å². The highest BCUT2D eigenvalue weighted by Gasteiger charge is 2.36. The number of nitrogens with one attached hydrogen (secondary N) is 1. The molecule has 2 aliphatic rings. The molecule has 3 atom stereocenters. The molecular formula is C23H28N2O4S. The maximum Gasteiger partial charge on any atom is 0.238 e. The van der Waals surface area contributed by atoms with Gasteiger partial charge in [-0.2, -0.15) is 0 Å². The van der Waals surface area contributed by atoms with Gasteiger partial charge in [-0.25, -0.2) is 4.31 Å². The van der Waals surface area contributed by atoms with E-state index in [9.17, 15) is 9.90 Å². The Morgan fingerprint density at radius 1 is 1.13 bits per heavy atom. The molecule has 4 rings (SSSR count). The Morgan fingerprint density at radius 3 is 2.47 bits per heavy atom. The maximum atomic E-state index is 13.2. The van der Waals surface area contributed by atoms with Crippen molar-refractivity contribution in [3.05, 3.63) is 53.6 Å². The molecule has 160 valence electrons. The van der Waals surface area contributed by atoms with E-state index in [1.54, 1.807) is 11.9 Å². The molecule has 2 aromatic rings. The second-order valence-corrected chi connectivity index (χ2v) is 9.07. The lowest BCUT2D eigenvalue weighted by Crippen LogP contribution is -2.52. The number of aliphatic hydroxyl groups excluding tert-OH is 1. The molecule has 0 fully saturated rings. The predicted molar refractivity (Wildman–Crippen MR) is 117 cm³/mol. The first-order valence-corrected chi connectivity index (χ1v) is 11.1. The number of carbonyl (C=O) groups excluding carboxylic acids is 1. The smallest absolute Gasteiger partial charge is 0.238 e. The molecule has 1 amide bonds. The average molecular weight is 429 g/mol. The van der Waals surface area contributed by atoms with Crippen LogP contribution in [0.2, 0.25) is 0 Å². The van der Waals surface area contributed by atoms with Crippen molar-refractivity contribution in [1.29, 1.82) is 0 Å². The van der Waals surface area contributed by atoms with Crippen molar-refractivity contribution >= 4 is 17.9 Å². The second kappa shape index (κ2) is 8.88. The lowest BCUT2D eigenvalue weighted by molar-refractivity contribution is -0.126. The molecule has 2 unspecified atom stereocenters. The molecule has 0 radical (unpaired) electrons. The first kappa shape index (κ1) is 21.0. The summed E-state index contributed by atoms with van der Waals surface area (Å²) in [4.78, 5) is 14.3. The van der Waals surface area contributed by atoms with Gasteiger partial charge in [0.1, 0.15) is 19.3 Å². The molecule has 0 aromatic heterocycles. The van der Waals surface area contributed by atoms with E-state index in [2.05, 4.69) is 23.5 Å². The van der Waals surface area contributed by atoms with Crippen molar-refractivity contribution in [2.75, 3.05) is 13.2 Å². The number of amides is 1. The maximum absolute atomic E-state index is 13.2. The van der Waals surface area contributed by atoms with Gasteiger partial charge in [-0.3, -0.25) is 4.79 Å². The third-order valence-electron chi connectivity index (χ3n) is 5.45. The topological polar surface area (TPSA) is 71.0 Å². The molecule has 0 spiro atoms. The van der Waals surface area contributed by atoms with Gasteiger partial charge in [0.2, 0.25) is 5.91 Å². The van der Waals surface area contributed by atoms with E-state index in [0.29, 0.717) is 19.6 Å². The summed E-state index contributed by atoms with van der Waals surface area (Å²) < 4.78 is 13.6. The monoisotopic (exact) mass is 428 g/mol. The van der Waals surface area contributed by atoms with Crippen LogP contribution in [0.1, 0.15) is 38.0 Å². The minimum atomic E-state index is -0.760. The molecule has 2 aliphatic heterocycles. The molecule has 0 bridgehead atoms. The molecule has 7 heteroatoms. The predicted octanol–water partition coefficient (Wildman–Crippen LogP) is 3.34. The van der Waals surface area contributed by atoms with E-state index < -0.39 is 12.1 Å². The summed E-state index contributed by atoms with van der Waals surface area (Å²) in [6.07, 6.45) is -0.180. The Kier molecular flexibility index (Phi) is 6.22. The van der Waals surface area contributed by atoms with Crippen LogP contribution in [0.5, 0.6) is 11.5 Å².